The van der Waals surface area contributed by atoms with Crippen molar-refractivity contribution in [1.29, 1.82) is 0 Å². The summed E-state index contributed by atoms with van der Waals surface area (Å²) in [6, 6.07) is 5.55. The summed E-state index contributed by atoms with van der Waals surface area (Å²) >= 11 is 0. The Bertz CT molecular complexity index is 480. The first-order chi connectivity index (χ1) is 7.18. The van der Waals surface area contributed by atoms with Crippen molar-refractivity contribution >= 4 is 10.8 Å². The van der Waals surface area contributed by atoms with Crippen molar-refractivity contribution in [3.8, 4) is 5.75 Å². The van der Waals surface area contributed by atoms with Crippen LogP contribution in [0.5, 0.6) is 5.75 Å². The summed E-state index contributed by atoms with van der Waals surface area (Å²) in [6.07, 6.45) is 3.56. The number of fused-ring (bicyclic) bond motifs is 1. The molecule has 78 valence electrons. The molecule has 1 heterocycles. The van der Waals surface area contributed by atoms with E-state index in [0.717, 1.165) is 22.9 Å². The molecule has 0 amide bonds. The highest BCUT2D eigenvalue weighted by Gasteiger charge is 2.07. The van der Waals surface area contributed by atoms with Gasteiger partial charge in [-0.3, -0.25) is 4.98 Å². The predicted octanol–water partition coefficient (Wildman–Crippen LogP) is 2.00. The molecule has 0 bridgehead atoms. The van der Waals surface area contributed by atoms with Crippen molar-refractivity contribution in [2.45, 2.75) is 6.54 Å². The van der Waals surface area contributed by atoms with E-state index in [-0.39, 0.29) is 0 Å². The van der Waals surface area contributed by atoms with E-state index in [1.165, 1.54) is 0 Å². The van der Waals surface area contributed by atoms with Gasteiger partial charge in [-0.2, -0.15) is 0 Å². The lowest BCUT2D eigenvalue weighted by Gasteiger charge is -2.13. The zero-order chi connectivity index (χ0) is 10.8. The van der Waals surface area contributed by atoms with Crippen molar-refractivity contribution in [3.05, 3.63) is 36.2 Å². The molecule has 2 rings (SSSR count). The molecule has 0 aliphatic rings. The van der Waals surface area contributed by atoms with Crippen LogP contribution >= 0.6 is 0 Å². The van der Waals surface area contributed by atoms with Crippen LogP contribution in [-0.4, -0.2) is 29.1 Å². The molecule has 0 spiro atoms. The molecule has 0 aliphatic heterocycles. The number of phenols is 1. The monoisotopic (exact) mass is 202 g/mol. The molecule has 0 radical (unpaired) electrons. The SMILES string of the molecule is CN(C)Cc1c(O)ccc2cnccc12. The summed E-state index contributed by atoms with van der Waals surface area (Å²) in [5, 5.41) is 11.9. The highest BCUT2D eigenvalue weighted by molar-refractivity contribution is 5.86. The van der Waals surface area contributed by atoms with E-state index < -0.39 is 0 Å². The second-order valence-corrected chi connectivity index (χ2v) is 3.90. The summed E-state index contributed by atoms with van der Waals surface area (Å²) in [5.41, 5.74) is 0.958. The average molecular weight is 202 g/mol. The molecule has 0 saturated carbocycles. The quantitative estimate of drug-likeness (QED) is 0.809. The van der Waals surface area contributed by atoms with Crippen LogP contribution in [0.3, 0.4) is 0 Å². The molecule has 2 aromatic rings. The number of hydrogen-bond donors (Lipinski definition) is 1. The van der Waals surface area contributed by atoms with Crippen LogP contribution < -0.4 is 0 Å². The smallest absolute Gasteiger partial charge is 0.120 e. The molecule has 0 saturated heterocycles. The molecule has 1 N–H and O–H groups in total. The van der Waals surface area contributed by atoms with Gasteiger partial charge in [0.05, 0.1) is 0 Å². The fourth-order valence-electron chi connectivity index (χ4n) is 1.70. The molecule has 1 aromatic heterocycles. The molecule has 3 heteroatoms. The van der Waals surface area contributed by atoms with Crippen LogP contribution in [0, 0.1) is 0 Å². The van der Waals surface area contributed by atoms with Crippen LogP contribution in [0.15, 0.2) is 30.6 Å². The zero-order valence-electron chi connectivity index (χ0n) is 8.94. The maximum atomic E-state index is 9.81. The summed E-state index contributed by atoms with van der Waals surface area (Å²) in [7, 11) is 3.97. The molecule has 0 fully saturated rings. The fourth-order valence-corrected chi connectivity index (χ4v) is 1.70. The first-order valence-corrected chi connectivity index (χ1v) is 4.88. The van der Waals surface area contributed by atoms with Gasteiger partial charge in [0.2, 0.25) is 0 Å². The first-order valence-electron chi connectivity index (χ1n) is 4.88. The molecule has 0 unspecified atom stereocenters. The highest BCUT2D eigenvalue weighted by atomic mass is 16.3. The van der Waals surface area contributed by atoms with Crippen molar-refractivity contribution in [3.63, 3.8) is 0 Å². The predicted molar refractivity (Wildman–Crippen MR) is 60.8 cm³/mol. The highest BCUT2D eigenvalue weighted by Crippen LogP contribution is 2.27. The standard InChI is InChI=1S/C12H14N2O/c1-14(2)8-11-10-5-6-13-7-9(10)3-4-12(11)15/h3-7,15H,8H2,1-2H3. The van der Waals surface area contributed by atoms with Crippen LogP contribution in [0.1, 0.15) is 5.56 Å². The van der Waals surface area contributed by atoms with Crippen LogP contribution in [0.4, 0.5) is 0 Å². The fraction of sp³-hybridized carbons (Fsp3) is 0.250. The molecule has 15 heavy (non-hydrogen) atoms. The first kappa shape index (κ1) is 9.93. The Hall–Kier alpha value is -1.61. The van der Waals surface area contributed by atoms with Crippen molar-refractivity contribution < 1.29 is 5.11 Å². The number of hydrogen-bond acceptors (Lipinski definition) is 3. The van der Waals surface area contributed by atoms with Crippen molar-refractivity contribution in [2.75, 3.05) is 14.1 Å². The van der Waals surface area contributed by atoms with Gasteiger partial charge in [0.1, 0.15) is 5.75 Å². The van der Waals surface area contributed by atoms with E-state index >= 15 is 0 Å². The molecule has 3 nitrogen and oxygen atoms in total. The average Bonchev–Trinajstić information content (AvgIpc) is 2.22. The van der Waals surface area contributed by atoms with E-state index in [9.17, 15) is 5.11 Å². The number of nitrogens with zero attached hydrogens (tertiary/aromatic N) is 2. The van der Waals surface area contributed by atoms with Crippen molar-refractivity contribution in [1.82, 2.24) is 9.88 Å². The Morgan fingerprint density at radius 3 is 2.80 bits per heavy atom. The maximum absolute atomic E-state index is 9.81. The largest absolute Gasteiger partial charge is 0.508 e. The van der Waals surface area contributed by atoms with Gasteiger partial charge in [-0.1, -0.05) is 0 Å². The van der Waals surface area contributed by atoms with E-state index in [0.29, 0.717) is 5.75 Å². The summed E-state index contributed by atoms with van der Waals surface area (Å²) in [4.78, 5) is 6.10. The van der Waals surface area contributed by atoms with Gasteiger partial charge in [0, 0.05) is 29.9 Å². The van der Waals surface area contributed by atoms with Gasteiger partial charge in [0.15, 0.2) is 0 Å². The van der Waals surface area contributed by atoms with Gasteiger partial charge >= 0.3 is 0 Å². The van der Waals surface area contributed by atoms with Gasteiger partial charge < -0.3 is 10.0 Å². The van der Waals surface area contributed by atoms with Crippen LogP contribution in [0.25, 0.3) is 10.8 Å². The molecular weight excluding hydrogens is 188 g/mol. The van der Waals surface area contributed by atoms with Gasteiger partial charge in [0.25, 0.3) is 0 Å². The molecular formula is C12H14N2O. The van der Waals surface area contributed by atoms with E-state index in [2.05, 4.69) is 4.98 Å². The van der Waals surface area contributed by atoms with Gasteiger partial charge in [-0.25, -0.2) is 0 Å². The van der Waals surface area contributed by atoms with E-state index in [1.807, 2.05) is 37.3 Å². The minimum atomic E-state index is 0.349. The summed E-state index contributed by atoms with van der Waals surface area (Å²) < 4.78 is 0. The zero-order valence-corrected chi connectivity index (χ0v) is 8.94. The number of benzene rings is 1. The third-order valence-corrected chi connectivity index (χ3v) is 2.38. The molecule has 0 atom stereocenters. The van der Waals surface area contributed by atoms with Crippen LogP contribution in [-0.2, 0) is 6.54 Å². The Morgan fingerprint density at radius 1 is 1.27 bits per heavy atom. The maximum Gasteiger partial charge on any atom is 0.120 e. The Morgan fingerprint density at radius 2 is 2.07 bits per heavy atom. The van der Waals surface area contributed by atoms with E-state index in [4.69, 9.17) is 0 Å². The third-order valence-electron chi connectivity index (χ3n) is 2.38. The van der Waals surface area contributed by atoms with E-state index in [1.54, 1.807) is 12.3 Å². The minimum Gasteiger partial charge on any atom is -0.508 e. The normalized spacial score (nSPS) is 11.1. The second kappa shape index (κ2) is 3.87. The Labute approximate surface area is 89.0 Å². The van der Waals surface area contributed by atoms with Crippen molar-refractivity contribution in [2.24, 2.45) is 0 Å². The minimum absolute atomic E-state index is 0.349. The summed E-state index contributed by atoms with van der Waals surface area (Å²) in [6.45, 7) is 0.729. The topological polar surface area (TPSA) is 36.4 Å². The number of phenolic OH excluding ortho intramolecular Hbond substituents is 1. The Balaban J connectivity index is 2.63. The van der Waals surface area contributed by atoms with Gasteiger partial charge in [-0.15, -0.1) is 0 Å². The number of aromatic nitrogens is 1. The summed E-state index contributed by atoms with van der Waals surface area (Å²) in [5.74, 6) is 0.349. The third kappa shape index (κ3) is 1.92. The number of pyridine rings is 1. The lowest BCUT2D eigenvalue weighted by molar-refractivity contribution is 0.388. The molecule has 1 aromatic carbocycles. The lowest BCUT2D eigenvalue weighted by Crippen LogP contribution is -2.11. The number of rotatable bonds is 2. The molecule has 0 aliphatic carbocycles. The number of aromatic hydroxyl groups is 1. The lowest BCUT2D eigenvalue weighted by atomic mass is 10.1. The van der Waals surface area contributed by atoms with Crippen LogP contribution in [0.2, 0.25) is 0 Å². The van der Waals surface area contributed by atoms with Gasteiger partial charge in [-0.05, 0) is 37.7 Å². The second-order valence-electron chi connectivity index (χ2n) is 3.90. The Kier molecular flexibility index (Phi) is 2.56.